The third-order valence-electron chi connectivity index (χ3n) is 3.20. The molecule has 0 aliphatic rings. The van der Waals surface area contributed by atoms with E-state index in [0.29, 0.717) is 12.3 Å². The maximum atomic E-state index is 13.9. The molecule has 0 aliphatic heterocycles. The van der Waals surface area contributed by atoms with Crippen LogP contribution in [0.3, 0.4) is 0 Å². The van der Waals surface area contributed by atoms with E-state index in [4.69, 9.17) is 0 Å². The molecule has 0 amide bonds. The number of hydrogen-bond donors (Lipinski definition) is 1. The Labute approximate surface area is 128 Å². The lowest BCUT2D eigenvalue weighted by Crippen LogP contribution is -2.25. The van der Waals surface area contributed by atoms with Gasteiger partial charge in [-0.3, -0.25) is 0 Å². The zero-order valence-corrected chi connectivity index (χ0v) is 13.0. The molecule has 0 saturated heterocycles. The SMILES string of the molecule is CCNC(CSc1cccc(C)c1)c1c(F)cccc1F. The van der Waals surface area contributed by atoms with Crippen LogP contribution >= 0.6 is 11.8 Å². The van der Waals surface area contributed by atoms with Gasteiger partial charge in [-0.15, -0.1) is 11.8 Å². The highest BCUT2D eigenvalue weighted by Crippen LogP contribution is 2.28. The monoisotopic (exact) mass is 307 g/mol. The smallest absolute Gasteiger partial charge is 0.130 e. The van der Waals surface area contributed by atoms with Crippen molar-refractivity contribution in [2.75, 3.05) is 12.3 Å². The topological polar surface area (TPSA) is 12.0 Å². The van der Waals surface area contributed by atoms with Gasteiger partial charge in [0.15, 0.2) is 0 Å². The highest BCUT2D eigenvalue weighted by atomic mass is 32.2. The Morgan fingerprint density at radius 1 is 1.10 bits per heavy atom. The van der Waals surface area contributed by atoms with E-state index < -0.39 is 11.6 Å². The molecule has 2 rings (SSSR count). The fourth-order valence-corrected chi connectivity index (χ4v) is 3.31. The Hall–Kier alpha value is -1.39. The summed E-state index contributed by atoms with van der Waals surface area (Å²) >= 11 is 1.60. The molecule has 112 valence electrons. The molecule has 0 spiro atoms. The lowest BCUT2D eigenvalue weighted by Gasteiger charge is -2.19. The van der Waals surface area contributed by atoms with Gasteiger partial charge in [0.2, 0.25) is 0 Å². The number of thioether (sulfide) groups is 1. The fraction of sp³-hybridized carbons (Fsp3) is 0.294. The van der Waals surface area contributed by atoms with Crippen LogP contribution in [-0.4, -0.2) is 12.3 Å². The highest BCUT2D eigenvalue weighted by molar-refractivity contribution is 7.99. The van der Waals surface area contributed by atoms with Gasteiger partial charge in [0.1, 0.15) is 11.6 Å². The van der Waals surface area contributed by atoms with Crippen molar-refractivity contribution in [1.29, 1.82) is 0 Å². The molecule has 1 N–H and O–H groups in total. The molecule has 0 aliphatic carbocycles. The van der Waals surface area contributed by atoms with Gasteiger partial charge >= 0.3 is 0 Å². The molecular weight excluding hydrogens is 288 g/mol. The molecule has 0 radical (unpaired) electrons. The van der Waals surface area contributed by atoms with E-state index in [1.165, 1.54) is 23.8 Å². The van der Waals surface area contributed by atoms with Gasteiger partial charge < -0.3 is 5.32 Å². The van der Waals surface area contributed by atoms with Gasteiger partial charge in [-0.05, 0) is 37.7 Å². The lowest BCUT2D eigenvalue weighted by molar-refractivity contribution is 0.500. The predicted molar refractivity (Wildman–Crippen MR) is 84.7 cm³/mol. The maximum Gasteiger partial charge on any atom is 0.130 e. The average molecular weight is 307 g/mol. The van der Waals surface area contributed by atoms with Crippen molar-refractivity contribution in [3.05, 3.63) is 65.2 Å². The highest BCUT2D eigenvalue weighted by Gasteiger charge is 2.19. The second-order valence-electron chi connectivity index (χ2n) is 4.87. The van der Waals surface area contributed by atoms with Crippen LogP contribution in [0, 0.1) is 18.6 Å². The Morgan fingerprint density at radius 3 is 2.38 bits per heavy atom. The van der Waals surface area contributed by atoms with Gasteiger partial charge in [0.25, 0.3) is 0 Å². The number of halogens is 2. The minimum atomic E-state index is -0.495. The summed E-state index contributed by atoms with van der Waals surface area (Å²) in [6, 6.07) is 11.8. The van der Waals surface area contributed by atoms with Gasteiger partial charge in [-0.25, -0.2) is 8.78 Å². The summed E-state index contributed by atoms with van der Waals surface area (Å²) in [4.78, 5) is 1.11. The molecule has 0 fully saturated rings. The summed E-state index contributed by atoms with van der Waals surface area (Å²) < 4.78 is 27.8. The zero-order valence-electron chi connectivity index (χ0n) is 12.2. The Bertz CT molecular complexity index is 581. The molecule has 1 nitrogen and oxygen atoms in total. The number of hydrogen-bond acceptors (Lipinski definition) is 2. The molecule has 1 atom stereocenters. The van der Waals surface area contributed by atoms with Crippen molar-refractivity contribution in [2.45, 2.75) is 24.8 Å². The Kier molecular flexibility index (Phi) is 5.76. The second kappa shape index (κ2) is 7.57. The van der Waals surface area contributed by atoms with E-state index >= 15 is 0 Å². The second-order valence-corrected chi connectivity index (χ2v) is 5.97. The van der Waals surface area contributed by atoms with E-state index in [9.17, 15) is 8.78 Å². The van der Waals surface area contributed by atoms with Crippen LogP contribution in [-0.2, 0) is 0 Å². The van der Waals surface area contributed by atoms with Gasteiger partial charge in [0, 0.05) is 22.3 Å². The van der Waals surface area contributed by atoms with Crippen molar-refractivity contribution in [3.63, 3.8) is 0 Å². The van der Waals surface area contributed by atoms with Crippen molar-refractivity contribution >= 4 is 11.8 Å². The van der Waals surface area contributed by atoms with Crippen LogP contribution in [0.15, 0.2) is 47.4 Å². The quantitative estimate of drug-likeness (QED) is 0.775. The van der Waals surface area contributed by atoms with Crippen LogP contribution in [0.5, 0.6) is 0 Å². The van der Waals surface area contributed by atoms with E-state index in [1.54, 1.807) is 11.8 Å². The Balaban J connectivity index is 2.16. The summed E-state index contributed by atoms with van der Waals surface area (Å²) in [6.07, 6.45) is 0. The first-order chi connectivity index (χ1) is 10.1. The number of rotatable bonds is 6. The Morgan fingerprint density at radius 2 is 1.76 bits per heavy atom. The lowest BCUT2D eigenvalue weighted by atomic mass is 10.1. The fourth-order valence-electron chi connectivity index (χ4n) is 2.22. The van der Waals surface area contributed by atoms with Crippen LogP contribution in [0.25, 0.3) is 0 Å². The third-order valence-corrected chi connectivity index (χ3v) is 4.29. The van der Waals surface area contributed by atoms with Crippen LogP contribution < -0.4 is 5.32 Å². The number of aryl methyl sites for hydroxylation is 1. The summed E-state index contributed by atoms with van der Waals surface area (Å²) in [5.41, 5.74) is 1.30. The van der Waals surface area contributed by atoms with Gasteiger partial charge in [-0.2, -0.15) is 0 Å². The number of nitrogens with one attached hydrogen (secondary N) is 1. The largest absolute Gasteiger partial charge is 0.309 e. The molecule has 1 unspecified atom stereocenters. The average Bonchev–Trinajstić information content (AvgIpc) is 2.44. The first-order valence-corrected chi connectivity index (χ1v) is 7.97. The molecule has 0 heterocycles. The van der Waals surface area contributed by atoms with Crippen LogP contribution in [0.1, 0.15) is 24.1 Å². The molecule has 0 aromatic heterocycles. The molecule has 0 bridgehead atoms. The molecular formula is C17H19F2NS. The summed E-state index contributed by atoms with van der Waals surface area (Å²) in [7, 11) is 0. The van der Waals surface area contributed by atoms with Crippen molar-refractivity contribution in [1.82, 2.24) is 5.32 Å². The minimum Gasteiger partial charge on any atom is -0.309 e. The van der Waals surface area contributed by atoms with E-state index in [2.05, 4.69) is 11.4 Å². The van der Waals surface area contributed by atoms with E-state index in [1.807, 2.05) is 32.0 Å². The molecule has 21 heavy (non-hydrogen) atoms. The standard InChI is InChI=1S/C17H19F2NS/c1-3-20-16(17-14(18)8-5-9-15(17)19)11-21-13-7-4-6-12(2)10-13/h4-10,16,20H,3,11H2,1-2H3. The summed E-state index contributed by atoms with van der Waals surface area (Å²) in [6.45, 7) is 4.62. The molecule has 2 aromatic carbocycles. The normalized spacial score (nSPS) is 12.4. The first-order valence-electron chi connectivity index (χ1n) is 6.98. The first kappa shape index (κ1) is 16.0. The van der Waals surface area contributed by atoms with Crippen LogP contribution in [0.2, 0.25) is 0 Å². The van der Waals surface area contributed by atoms with E-state index in [0.717, 1.165) is 4.90 Å². The van der Waals surface area contributed by atoms with Gasteiger partial charge in [0.05, 0.1) is 0 Å². The van der Waals surface area contributed by atoms with Gasteiger partial charge in [-0.1, -0.05) is 30.7 Å². The predicted octanol–water partition coefficient (Wildman–Crippen LogP) is 4.72. The van der Waals surface area contributed by atoms with Crippen molar-refractivity contribution in [2.24, 2.45) is 0 Å². The maximum absolute atomic E-state index is 13.9. The summed E-state index contributed by atoms with van der Waals surface area (Å²) in [5, 5.41) is 3.16. The van der Waals surface area contributed by atoms with Crippen molar-refractivity contribution < 1.29 is 8.78 Å². The molecule has 2 aromatic rings. The van der Waals surface area contributed by atoms with Crippen molar-refractivity contribution in [3.8, 4) is 0 Å². The third kappa shape index (κ3) is 4.29. The van der Waals surface area contributed by atoms with Crippen LogP contribution in [0.4, 0.5) is 8.78 Å². The summed E-state index contributed by atoms with van der Waals surface area (Å²) in [5.74, 6) is -0.411. The molecule has 4 heteroatoms. The molecule has 0 saturated carbocycles. The zero-order chi connectivity index (χ0) is 15.2. The minimum absolute atomic E-state index is 0.125. The number of benzene rings is 2. The van der Waals surface area contributed by atoms with E-state index in [-0.39, 0.29) is 11.6 Å².